The Bertz CT molecular complexity index is 1070. The van der Waals surface area contributed by atoms with Gasteiger partial charge in [-0.25, -0.2) is 0 Å². The van der Waals surface area contributed by atoms with E-state index in [0.717, 1.165) is 56.1 Å². The van der Waals surface area contributed by atoms with Gasteiger partial charge in [-0.2, -0.15) is 4.39 Å². The van der Waals surface area contributed by atoms with Crippen LogP contribution in [-0.4, -0.2) is 23.9 Å². The van der Waals surface area contributed by atoms with Crippen LogP contribution in [0.2, 0.25) is 0 Å². The molecule has 5 heteroatoms. The molecular formula is C32H47FO4. The summed E-state index contributed by atoms with van der Waals surface area (Å²) in [6, 6.07) is -1.29. The monoisotopic (exact) mass is 514 g/mol. The molecule has 5 aliphatic rings. The third-order valence-electron chi connectivity index (χ3n) is 13.1. The first-order chi connectivity index (χ1) is 17.1. The molecule has 0 aromatic heterocycles. The molecule has 0 amide bonds. The highest BCUT2D eigenvalue weighted by Gasteiger charge is 2.71. The molecule has 0 bridgehead atoms. The fourth-order valence-electron chi connectivity index (χ4n) is 11.2. The first kappa shape index (κ1) is 27.1. The van der Waals surface area contributed by atoms with Crippen LogP contribution in [0.4, 0.5) is 4.39 Å². The number of halogens is 1. The molecule has 8 atom stereocenters. The molecule has 206 valence electrons. The predicted molar refractivity (Wildman–Crippen MR) is 141 cm³/mol. The van der Waals surface area contributed by atoms with Crippen molar-refractivity contribution in [3.8, 4) is 0 Å². The zero-order valence-corrected chi connectivity index (χ0v) is 24.3. The van der Waals surface area contributed by atoms with Gasteiger partial charge in [0.15, 0.2) is 5.78 Å². The average Bonchev–Trinajstić information content (AvgIpc) is 3.09. The summed E-state index contributed by atoms with van der Waals surface area (Å²) in [5.41, 5.74) is 0.427. The second-order valence-electron chi connectivity index (χ2n) is 15.0. The molecule has 0 heterocycles. The van der Waals surface area contributed by atoms with Gasteiger partial charge in [-0.15, -0.1) is 0 Å². The second-order valence-corrected chi connectivity index (χ2v) is 15.0. The maximum atomic E-state index is 14.9. The van der Waals surface area contributed by atoms with E-state index in [0.29, 0.717) is 18.3 Å². The van der Waals surface area contributed by atoms with Crippen molar-refractivity contribution in [3.63, 3.8) is 0 Å². The lowest BCUT2D eigenvalue weighted by Crippen LogP contribution is -2.66. The molecule has 0 N–H and O–H groups in total. The summed E-state index contributed by atoms with van der Waals surface area (Å²) in [6.07, 6.45) is 7.29. The summed E-state index contributed by atoms with van der Waals surface area (Å²) in [5.74, 6) is 0.854. The SMILES string of the molecule is CC(=O)O[C@H]1CC[C@]2(C)[C@H]3CC[C@@H]4C5=C(C(C)C)C(=O)C[C@]5(C(=O)F)CC[C@@]4(C)[C@]3(C)CC[C@H]2C1(C)C. The summed E-state index contributed by atoms with van der Waals surface area (Å²) < 4.78 is 20.7. The number of hydrogen-bond donors (Lipinski definition) is 0. The Balaban J connectivity index is 1.57. The van der Waals surface area contributed by atoms with Crippen LogP contribution in [0.25, 0.3) is 0 Å². The Kier molecular flexibility index (Phi) is 6.03. The van der Waals surface area contributed by atoms with Gasteiger partial charge in [-0.3, -0.25) is 14.4 Å². The summed E-state index contributed by atoms with van der Waals surface area (Å²) in [5, 5.41) is 0. The fourth-order valence-corrected chi connectivity index (χ4v) is 11.2. The Morgan fingerprint density at radius 1 is 0.892 bits per heavy atom. The standard InChI is InChI=1S/C32H47FO4/c1-18(2)25-21(35)17-32(27(33)36)16-15-30(7)20(26(25)32)9-10-23-29(6)13-12-24(37-19(3)34)28(4,5)22(29)11-14-31(23,30)8/h18,20,22-24H,9-17H2,1-8H3/t20-,22+,23-,24+,29+,30-,31-,32-/m1/s1. The highest BCUT2D eigenvalue weighted by atomic mass is 19.1. The van der Waals surface area contributed by atoms with E-state index in [4.69, 9.17) is 4.74 Å². The molecule has 4 fully saturated rings. The van der Waals surface area contributed by atoms with Gasteiger partial charge in [0, 0.05) is 18.8 Å². The van der Waals surface area contributed by atoms with E-state index >= 15 is 0 Å². The number of Topliss-reactive ketones (excluding diaryl/α,β-unsaturated/α-hetero) is 1. The number of rotatable bonds is 3. The number of hydrogen-bond acceptors (Lipinski definition) is 4. The second kappa shape index (κ2) is 8.24. The lowest BCUT2D eigenvalue weighted by Gasteiger charge is -2.72. The van der Waals surface area contributed by atoms with Gasteiger partial charge >= 0.3 is 12.0 Å². The van der Waals surface area contributed by atoms with Crippen LogP contribution in [0.15, 0.2) is 11.1 Å². The molecule has 5 aliphatic carbocycles. The Morgan fingerprint density at radius 2 is 1.57 bits per heavy atom. The molecule has 4 nitrogen and oxygen atoms in total. The van der Waals surface area contributed by atoms with Gasteiger partial charge in [0.2, 0.25) is 0 Å². The van der Waals surface area contributed by atoms with Crippen LogP contribution in [-0.2, 0) is 19.1 Å². The normalized spacial score (nSPS) is 46.6. The van der Waals surface area contributed by atoms with Gasteiger partial charge in [-0.05, 0) is 102 Å². The smallest absolute Gasteiger partial charge is 0.312 e. The van der Waals surface area contributed by atoms with Crippen molar-refractivity contribution in [1.82, 2.24) is 0 Å². The summed E-state index contributed by atoms with van der Waals surface area (Å²) in [7, 11) is 0. The van der Waals surface area contributed by atoms with Crippen molar-refractivity contribution >= 4 is 17.8 Å². The van der Waals surface area contributed by atoms with E-state index in [1.807, 2.05) is 13.8 Å². The van der Waals surface area contributed by atoms with Crippen molar-refractivity contribution in [2.45, 2.75) is 119 Å². The molecule has 37 heavy (non-hydrogen) atoms. The molecule has 0 unspecified atom stereocenters. The number of ketones is 1. The summed E-state index contributed by atoms with van der Waals surface area (Å²) in [4.78, 5) is 37.7. The number of fused-ring (bicyclic) bond motifs is 7. The van der Waals surface area contributed by atoms with Crippen LogP contribution >= 0.6 is 0 Å². The molecule has 0 spiro atoms. The van der Waals surface area contributed by atoms with Crippen LogP contribution in [0.1, 0.15) is 113 Å². The maximum Gasteiger partial charge on any atom is 0.312 e. The molecule has 0 aliphatic heterocycles. The Labute approximate surface area is 222 Å². The van der Waals surface area contributed by atoms with Crippen molar-refractivity contribution in [1.29, 1.82) is 0 Å². The number of ether oxygens (including phenoxy) is 1. The van der Waals surface area contributed by atoms with Crippen molar-refractivity contribution in [2.75, 3.05) is 0 Å². The Morgan fingerprint density at radius 3 is 2.16 bits per heavy atom. The topological polar surface area (TPSA) is 60.4 Å². The molecule has 4 saturated carbocycles. The zero-order valence-electron chi connectivity index (χ0n) is 24.3. The van der Waals surface area contributed by atoms with Gasteiger partial charge in [0.05, 0.1) is 5.41 Å². The third-order valence-corrected chi connectivity index (χ3v) is 13.1. The number of esters is 1. The fraction of sp³-hybridized carbons (Fsp3) is 0.844. The molecule has 0 saturated heterocycles. The van der Waals surface area contributed by atoms with E-state index in [9.17, 15) is 18.8 Å². The molecule has 0 radical (unpaired) electrons. The minimum atomic E-state index is -1.29. The lowest BCUT2D eigenvalue weighted by molar-refractivity contribution is -0.232. The highest BCUT2D eigenvalue weighted by Crippen LogP contribution is 2.76. The van der Waals surface area contributed by atoms with Gasteiger partial charge in [0.25, 0.3) is 0 Å². The minimum Gasteiger partial charge on any atom is -0.462 e. The first-order valence-corrected chi connectivity index (χ1v) is 14.7. The zero-order chi connectivity index (χ0) is 27.3. The summed E-state index contributed by atoms with van der Waals surface area (Å²) >= 11 is 0. The van der Waals surface area contributed by atoms with E-state index < -0.39 is 11.5 Å². The van der Waals surface area contributed by atoms with E-state index in [2.05, 4.69) is 34.6 Å². The van der Waals surface area contributed by atoms with Crippen molar-refractivity contribution in [2.24, 2.45) is 50.7 Å². The van der Waals surface area contributed by atoms with E-state index in [1.54, 1.807) is 0 Å². The average molecular weight is 515 g/mol. The van der Waals surface area contributed by atoms with Gasteiger partial charge in [0.1, 0.15) is 6.10 Å². The Hall–Kier alpha value is -1.52. The minimum absolute atomic E-state index is 0.00205. The summed E-state index contributed by atoms with van der Waals surface area (Å²) in [6.45, 7) is 17.5. The quantitative estimate of drug-likeness (QED) is 0.291. The van der Waals surface area contributed by atoms with E-state index in [1.165, 1.54) is 6.92 Å². The maximum absolute atomic E-state index is 14.9. The van der Waals surface area contributed by atoms with Gasteiger partial charge in [-0.1, -0.05) is 48.5 Å². The highest BCUT2D eigenvalue weighted by molar-refractivity contribution is 6.05. The van der Waals surface area contributed by atoms with Crippen LogP contribution < -0.4 is 0 Å². The number of allylic oxidation sites excluding steroid dienone is 2. The van der Waals surface area contributed by atoms with Crippen LogP contribution in [0, 0.1) is 50.7 Å². The van der Waals surface area contributed by atoms with Crippen LogP contribution in [0.3, 0.4) is 0 Å². The number of carbonyl (C=O) groups excluding carboxylic acids is 3. The first-order valence-electron chi connectivity index (χ1n) is 14.7. The van der Waals surface area contributed by atoms with Gasteiger partial charge < -0.3 is 4.74 Å². The molecular weight excluding hydrogens is 467 g/mol. The van der Waals surface area contributed by atoms with E-state index in [-0.39, 0.29) is 57.8 Å². The molecule has 5 rings (SSSR count). The van der Waals surface area contributed by atoms with Crippen molar-refractivity contribution in [3.05, 3.63) is 11.1 Å². The predicted octanol–water partition coefficient (Wildman–Crippen LogP) is 7.39. The lowest BCUT2D eigenvalue weighted by atomic mass is 9.33. The molecule has 0 aromatic rings. The van der Waals surface area contributed by atoms with Crippen molar-refractivity contribution < 1.29 is 23.5 Å². The molecule has 0 aromatic carbocycles. The third kappa shape index (κ3) is 3.33. The number of carbonyl (C=O) groups is 3. The van der Waals surface area contributed by atoms with Crippen LogP contribution in [0.5, 0.6) is 0 Å². The largest absolute Gasteiger partial charge is 0.462 e.